The van der Waals surface area contributed by atoms with Crippen molar-refractivity contribution in [3.63, 3.8) is 0 Å². The maximum Gasteiger partial charge on any atom is 0.226 e. The molecular formula is C15H17N3O. The first kappa shape index (κ1) is 12.1. The van der Waals surface area contributed by atoms with E-state index < -0.39 is 0 Å². The predicted octanol–water partition coefficient (Wildman–Crippen LogP) is 2.58. The zero-order valence-corrected chi connectivity index (χ0v) is 11.0. The number of fused-ring (bicyclic) bond motifs is 1. The summed E-state index contributed by atoms with van der Waals surface area (Å²) >= 11 is 0. The zero-order chi connectivity index (χ0) is 13.2. The molecule has 1 aliphatic rings. The van der Waals surface area contributed by atoms with Gasteiger partial charge in [-0.25, -0.2) is 9.97 Å². The van der Waals surface area contributed by atoms with Crippen molar-refractivity contribution in [1.82, 2.24) is 9.97 Å². The van der Waals surface area contributed by atoms with Crippen LogP contribution in [0.25, 0.3) is 10.9 Å². The van der Waals surface area contributed by atoms with Gasteiger partial charge in [0.2, 0.25) is 5.95 Å². The number of rotatable bonds is 2. The lowest BCUT2D eigenvalue weighted by Gasteiger charge is -2.34. The summed E-state index contributed by atoms with van der Waals surface area (Å²) in [4.78, 5) is 22.8. The van der Waals surface area contributed by atoms with E-state index in [4.69, 9.17) is 0 Å². The van der Waals surface area contributed by atoms with E-state index in [0.29, 0.717) is 5.95 Å². The van der Waals surface area contributed by atoms with E-state index in [1.807, 2.05) is 30.5 Å². The smallest absolute Gasteiger partial charge is 0.226 e. The summed E-state index contributed by atoms with van der Waals surface area (Å²) in [6.07, 6.45) is 4.95. The maximum atomic E-state index is 11.7. The van der Waals surface area contributed by atoms with Crippen molar-refractivity contribution in [2.75, 3.05) is 11.4 Å². The highest BCUT2D eigenvalue weighted by atomic mass is 16.1. The van der Waals surface area contributed by atoms with Crippen LogP contribution in [0.2, 0.25) is 0 Å². The third kappa shape index (κ3) is 2.30. The molecular weight excluding hydrogens is 238 g/mol. The van der Waals surface area contributed by atoms with Crippen molar-refractivity contribution in [3.05, 3.63) is 30.5 Å². The van der Waals surface area contributed by atoms with Crippen LogP contribution in [0, 0.1) is 0 Å². The van der Waals surface area contributed by atoms with Gasteiger partial charge in [-0.15, -0.1) is 0 Å². The number of para-hydroxylation sites is 1. The highest BCUT2D eigenvalue weighted by molar-refractivity contribution is 5.85. The normalized spacial score (nSPS) is 19.6. The van der Waals surface area contributed by atoms with Crippen molar-refractivity contribution in [2.24, 2.45) is 0 Å². The van der Waals surface area contributed by atoms with Crippen LogP contribution in [-0.4, -0.2) is 28.3 Å². The Morgan fingerprint density at radius 3 is 3.00 bits per heavy atom. The average molecular weight is 255 g/mol. The lowest BCUT2D eigenvalue weighted by Crippen LogP contribution is -2.44. The third-order valence-corrected chi connectivity index (χ3v) is 3.71. The summed E-state index contributed by atoms with van der Waals surface area (Å²) in [7, 11) is 0. The largest absolute Gasteiger partial charge is 0.331 e. The Kier molecular flexibility index (Phi) is 3.15. The van der Waals surface area contributed by atoms with Crippen LogP contribution in [0.15, 0.2) is 30.5 Å². The SMILES string of the molecule is CC(=O)C1CCCCN1c1ncc2ccccc2n1. The number of Topliss-reactive ketones (excluding diaryl/α,β-unsaturated/α-hetero) is 1. The van der Waals surface area contributed by atoms with Crippen LogP contribution in [-0.2, 0) is 4.79 Å². The number of hydrogen-bond acceptors (Lipinski definition) is 4. The Hall–Kier alpha value is -1.97. The molecule has 98 valence electrons. The van der Waals surface area contributed by atoms with Crippen LogP contribution in [0.5, 0.6) is 0 Å². The Labute approximate surface area is 112 Å². The van der Waals surface area contributed by atoms with Crippen LogP contribution in [0.1, 0.15) is 26.2 Å². The van der Waals surface area contributed by atoms with Crippen molar-refractivity contribution >= 4 is 22.6 Å². The van der Waals surface area contributed by atoms with Gasteiger partial charge in [-0.2, -0.15) is 0 Å². The standard InChI is InChI=1S/C15H17N3O/c1-11(19)14-8-4-5-9-18(14)15-16-10-12-6-2-3-7-13(12)17-15/h2-3,6-7,10,14H,4-5,8-9H2,1H3. The number of ketones is 1. The summed E-state index contributed by atoms with van der Waals surface area (Å²) in [5.74, 6) is 0.884. The topological polar surface area (TPSA) is 46.1 Å². The molecule has 1 unspecified atom stereocenters. The minimum absolute atomic E-state index is 0.0603. The lowest BCUT2D eigenvalue weighted by atomic mass is 10.00. The minimum atomic E-state index is -0.0603. The summed E-state index contributed by atoms with van der Waals surface area (Å²) in [6.45, 7) is 2.52. The van der Waals surface area contributed by atoms with Crippen LogP contribution >= 0.6 is 0 Å². The number of piperidine rings is 1. The van der Waals surface area contributed by atoms with Crippen LogP contribution < -0.4 is 4.90 Å². The quantitative estimate of drug-likeness (QED) is 0.827. The number of aromatic nitrogens is 2. The molecule has 1 aromatic carbocycles. The fourth-order valence-electron chi connectivity index (χ4n) is 2.69. The summed E-state index contributed by atoms with van der Waals surface area (Å²) < 4.78 is 0. The number of anilines is 1. The number of nitrogens with zero attached hydrogens (tertiary/aromatic N) is 3. The molecule has 0 amide bonds. The van der Waals surface area contributed by atoms with Gasteiger partial charge in [0.05, 0.1) is 11.6 Å². The third-order valence-electron chi connectivity index (χ3n) is 3.71. The molecule has 0 saturated carbocycles. The van der Waals surface area contributed by atoms with Gasteiger partial charge < -0.3 is 4.90 Å². The highest BCUT2D eigenvalue weighted by Gasteiger charge is 2.27. The minimum Gasteiger partial charge on any atom is -0.331 e. The fraction of sp³-hybridized carbons (Fsp3) is 0.400. The van der Waals surface area contributed by atoms with Crippen LogP contribution in [0.4, 0.5) is 5.95 Å². The molecule has 2 aromatic rings. The number of benzene rings is 1. The van der Waals surface area contributed by atoms with Gasteiger partial charge in [0.15, 0.2) is 5.78 Å². The maximum absolute atomic E-state index is 11.7. The molecule has 1 aliphatic heterocycles. The second-order valence-corrected chi connectivity index (χ2v) is 5.04. The van der Waals surface area contributed by atoms with Gasteiger partial charge in [0.1, 0.15) is 0 Å². The monoisotopic (exact) mass is 255 g/mol. The lowest BCUT2D eigenvalue weighted by molar-refractivity contribution is -0.118. The molecule has 1 fully saturated rings. The van der Waals surface area contributed by atoms with E-state index in [2.05, 4.69) is 14.9 Å². The molecule has 4 nitrogen and oxygen atoms in total. The summed E-state index contributed by atoms with van der Waals surface area (Å²) in [5, 5.41) is 1.03. The summed E-state index contributed by atoms with van der Waals surface area (Å²) in [6, 6.07) is 7.86. The van der Waals surface area contributed by atoms with Crippen molar-refractivity contribution in [1.29, 1.82) is 0 Å². The highest BCUT2D eigenvalue weighted by Crippen LogP contribution is 2.23. The van der Waals surface area contributed by atoms with Crippen molar-refractivity contribution in [2.45, 2.75) is 32.2 Å². The molecule has 0 N–H and O–H groups in total. The molecule has 1 saturated heterocycles. The van der Waals surface area contributed by atoms with E-state index in [0.717, 1.165) is 36.7 Å². The van der Waals surface area contributed by atoms with E-state index in [1.54, 1.807) is 6.92 Å². The Bertz CT molecular complexity index is 611. The van der Waals surface area contributed by atoms with Gasteiger partial charge in [-0.3, -0.25) is 4.79 Å². The van der Waals surface area contributed by atoms with Gasteiger partial charge in [0, 0.05) is 18.1 Å². The zero-order valence-electron chi connectivity index (χ0n) is 11.0. The van der Waals surface area contributed by atoms with E-state index in [9.17, 15) is 4.79 Å². The van der Waals surface area contributed by atoms with E-state index in [-0.39, 0.29) is 11.8 Å². The predicted molar refractivity (Wildman–Crippen MR) is 75.2 cm³/mol. The molecule has 0 bridgehead atoms. The van der Waals surface area contributed by atoms with Gasteiger partial charge in [-0.1, -0.05) is 18.2 Å². The molecule has 2 heterocycles. The first-order chi connectivity index (χ1) is 9.25. The number of hydrogen-bond donors (Lipinski definition) is 0. The molecule has 4 heteroatoms. The van der Waals surface area contributed by atoms with Gasteiger partial charge in [0.25, 0.3) is 0 Å². The van der Waals surface area contributed by atoms with Crippen LogP contribution in [0.3, 0.4) is 0 Å². The molecule has 1 aromatic heterocycles. The number of carbonyl (C=O) groups is 1. The van der Waals surface area contributed by atoms with E-state index >= 15 is 0 Å². The number of carbonyl (C=O) groups excluding carboxylic acids is 1. The fourth-order valence-corrected chi connectivity index (χ4v) is 2.69. The molecule has 3 rings (SSSR count). The molecule has 0 spiro atoms. The average Bonchev–Trinajstić information content (AvgIpc) is 2.46. The van der Waals surface area contributed by atoms with Crippen molar-refractivity contribution < 1.29 is 4.79 Å². The Morgan fingerprint density at radius 2 is 2.16 bits per heavy atom. The second kappa shape index (κ2) is 4.96. The molecule has 0 radical (unpaired) electrons. The van der Waals surface area contributed by atoms with Gasteiger partial charge in [-0.05, 0) is 32.3 Å². The van der Waals surface area contributed by atoms with Crippen molar-refractivity contribution in [3.8, 4) is 0 Å². The molecule has 0 aliphatic carbocycles. The van der Waals surface area contributed by atoms with Gasteiger partial charge >= 0.3 is 0 Å². The first-order valence-electron chi connectivity index (χ1n) is 6.74. The summed E-state index contributed by atoms with van der Waals surface area (Å²) in [5.41, 5.74) is 0.931. The van der Waals surface area contributed by atoms with E-state index in [1.165, 1.54) is 0 Å². The molecule has 19 heavy (non-hydrogen) atoms. The Morgan fingerprint density at radius 1 is 1.32 bits per heavy atom. The second-order valence-electron chi connectivity index (χ2n) is 5.04. The Balaban J connectivity index is 1.99. The first-order valence-corrected chi connectivity index (χ1v) is 6.74. The molecule has 1 atom stereocenters.